The molecule has 132 valence electrons. The number of carbonyl (C=O) groups is 1. The van der Waals surface area contributed by atoms with Crippen molar-refractivity contribution in [2.24, 2.45) is 5.10 Å². The van der Waals surface area contributed by atoms with Gasteiger partial charge in [-0.25, -0.2) is 10.1 Å². The third-order valence-electron chi connectivity index (χ3n) is 3.66. The molecule has 1 heterocycles. The van der Waals surface area contributed by atoms with E-state index in [0.29, 0.717) is 10.7 Å². The number of aromatic nitrogens is 2. The molecule has 1 amide bonds. The zero-order valence-electron chi connectivity index (χ0n) is 14.2. The number of anilines is 1. The highest BCUT2D eigenvalue weighted by molar-refractivity contribution is 6.32. The second-order valence-electron chi connectivity index (χ2n) is 5.55. The van der Waals surface area contributed by atoms with Crippen molar-refractivity contribution in [2.45, 2.75) is 6.92 Å². The Hall–Kier alpha value is -3.12. The molecule has 0 atom stereocenters. The fourth-order valence-corrected chi connectivity index (χ4v) is 2.67. The van der Waals surface area contributed by atoms with Gasteiger partial charge in [0, 0.05) is 5.69 Å². The molecule has 3 aromatic rings. The van der Waals surface area contributed by atoms with Gasteiger partial charge in [0.2, 0.25) is 0 Å². The van der Waals surface area contributed by atoms with E-state index < -0.39 is 0 Å². The molecule has 0 fully saturated rings. The zero-order chi connectivity index (χ0) is 18.4. The van der Waals surface area contributed by atoms with Gasteiger partial charge in [0.1, 0.15) is 5.15 Å². The first-order chi connectivity index (χ1) is 12.6. The largest absolute Gasteiger partial charge is 0.376 e. The highest BCUT2D eigenvalue weighted by Crippen LogP contribution is 2.21. The lowest BCUT2D eigenvalue weighted by Crippen LogP contribution is -2.25. The topological polar surface area (TPSA) is 71.3 Å². The summed E-state index contributed by atoms with van der Waals surface area (Å²) in [5.41, 5.74) is 5.59. The summed E-state index contributed by atoms with van der Waals surface area (Å²) >= 11 is 6.40. The van der Waals surface area contributed by atoms with Crippen molar-refractivity contribution >= 4 is 29.4 Å². The van der Waals surface area contributed by atoms with E-state index in [2.05, 4.69) is 20.9 Å². The van der Waals surface area contributed by atoms with Crippen molar-refractivity contribution in [2.75, 3.05) is 11.9 Å². The van der Waals surface area contributed by atoms with Gasteiger partial charge in [-0.15, -0.1) is 0 Å². The van der Waals surface area contributed by atoms with Crippen molar-refractivity contribution in [3.63, 3.8) is 0 Å². The number of amides is 1. The molecule has 7 heteroatoms. The lowest BCUT2D eigenvalue weighted by atomic mass is 10.3. The number of nitrogens with zero attached hydrogens (tertiary/aromatic N) is 3. The number of benzene rings is 2. The molecule has 0 bridgehead atoms. The Balaban J connectivity index is 1.62. The summed E-state index contributed by atoms with van der Waals surface area (Å²) in [6.45, 7) is 1.96. The standard InChI is InChI=1S/C19H18ClN5O/c1-14-17(19(20)25(24-14)16-10-6-3-7-11-16)12-22-23-18(26)13-21-15-8-4-2-5-9-15/h2-12,21H,13H2,1H3,(H,23,26)/b22-12-. The second kappa shape index (κ2) is 8.31. The van der Waals surface area contributed by atoms with Crippen LogP contribution in [-0.2, 0) is 4.79 Å². The molecule has 0 saturated carbocycles. The number of para-hydroxylation sites is 2. The van der Waals surface area contributed by atoms with Crippen molar-refractivity contribution in [3.8, 4) is 5.69 Å². The highest BCUT2D eigenvalue weighted by Gasteiger charge is 2.13. The van der Waals surface area contributed by atoms with E-state index in [1.54, 1.807) is 4.68 Å². The van der Waals surface area contributed by atoms with Crippen LogP contribution in [0.5, 0.6) is 0 Å². The normalized spacial score (nSPS) is 10.8. The number of carbonyl (C=O) groups excluding carboxylic acids is 1. The molecule has 0 aliphatic heterocycles. The molecule has 2 N–H and O–H groups in total. The van der Waals surface area contributed by atoms with Gasteiger partial charge in [0.15, 0.2) is 0 Å². The van der Waals surface area contributed by atoms with Crippen molar-refractivity contribution in [1.29, 1.82) is 0 Å². The van der Waals surface area contributed by atoms with Crippen molar-refractivity contribution in [3.05, 3.63) is 77.1 Å². The Labute approximate surface area is 156 Å². The van der Waals surface area contributed by atoms with E-state index in [9.17, 15) is 4.79 Å². The van der Waals surface area contributed by atoms with Crippen LogP contribution in [0.4, 0.5) is 5.69 Å². The SMILES string of the molecule is Cc1nn(-c2ccccc2)c(Cl)c1/C=N\NC(=O)CNc1ccccc1. The maximum atomic E-state index is 11.9. The van der Waals surface area contributed by atoms with E-state index in [0.717, 1.165) is 17.1 Å². The first kappa shape index (κ1) is 17.7. The maximum Gasteiger partial charge on any atom is 0.259 e. The van der Waals surface area contributed by atoms with Crippen LogP contribution in [0.25, 0.3) is 5.69 Å². The van der Waals surface area contributed by atoms with Gasteiger partial charge in [-0.05, 0) is 31.2 Å². The Morgan fingerprint density at radius 3 is 2.50 bits per heavy atom. The lowest BCUT2D eigenvalue weighted by Gasteiger charge is -2.04. The summed E-state index contributed by atoms with van der Waals surface area (Å²) in [6.07, 6.45) is 1.50. The summed E-state index contributed by atoms with van der Waals surface area (Å²) in [4.78, 5) is 11.9. The average molecular weight is 368 g/mol. The van der Waals surface area contributed by atoms with E-state index in [1.165, 1.54) is 6.21 Å². The Kier molecular flexibility index (Phi) is 5.66. The quantitative estimate of drug-likeness (QED) is 0.518. The highest BCUT2D eigenvalue weighted by atomic mass is 35.5. The first-order valence-corrected chi connectivity index (χ1v) is 8.44. The van der Waals surface area contributed by atoms with Crippen LogP contribution in [0.2, 0.25) is 5.15 Å². The molecular formula is C19H18ClN5O. The number of rotatable bonds is 6. The Morgan fingerprint density at radius 2 is 1.81 bits per heavy atom. The molecule has 6 nitrogen and oxygen atoms in total. The summed E-state index contributed by atoms with van der Waals surface area (Å²) in [6, 6.07) is 19.1. The molecule has 26 heavy (non-hydrogen) atoms. The Bertz CT molecular complexity index is 906. The third-order valence-corrected chi connectivity index (χ3v) is 4.02. The van der Waals surface area contributed by atoms with Crippen molar-refractivity contribution < 1.29 is 4.79 Å². The predicted octanol–water partition coefficient (Wildman–Crippen LogP) is 3.40. The van der Waals surface area contributed by atoms with Gasteiger partial charge in [0.25, 0.3) is 5.91 Å². The minimum absolute atomic E-state index is 0.122. The maximum absolute atomic E-state index is 11.9. The van der Waals surface area contributed by atoms with Crippen LogP contribution in [0.15, 0.2) is 65.8 Å². The van der Waals surface area contributed by atoms with Crippen LogP contribution in [-0.4, -0.2) is 28.4 Å². The van der Waals surface area contributed by atoms with Gasteiger partial charge in [-0.2, -0.15) is 10.2 Å². The van der Waals surface area contributed by atoms with Crippen molar-refractivity contribution in [1.82, 2.24) is 15.2 Å². The van der Waals surface area contributed by atoms with Gasteiger partial charge < -0.3 is 5.32 Å². The minimum atomic E-state index is -0.255. The molecule has 0 radical (unpaired) electrons. The molecule has 3 rings (SSSR count). The fraction of sp³-hybridized carbons (Fsp3) is 0.105. The number of hydrazone groups is 1. The molecule has 0 saturated heterocycles. The average Bonchev–Trinajstić information content (AvgIpc) is 2.96. The molecule has 1 aromatic heterocycles. The minimum Gasteiger partial charge on any atom is -0.376 e. The number of halogens is 1. The van der Waals surface area contributed by atoms with Gasteiger partial charge in [-0.1, -0.05) is 48.0 Å². The molecule has 0 spiro atoms. The van der Waals surface area contributed by atoms with Crippen LogP contribution in [0, 0.1) is 6.92 Å². The monoisotopic (exact) mass is 367 g/mol. The fourth-order valence-electron chi connectivity index (χ4n) is 2.34. The van der Waals surface area contributed by atoms with Gasteiger partial charge in [-0.3, -0.25) is 4.79 Å². The van der Waals surface area contributed by atoms with Crippen LogP contribution in [0.1, 0.15) is 11.3 Å². The number of nitrogens with one attached hydrogen (secondary N) is 2. The molecular weight excluding hydrogens is 350 g/mol. The van der Waals surface area contributed by atoms with Gasteiger partial charge >= 0.3 is 0 Å². The van der Waals surface area contributed by atoms with E-state index >= 15 is 0 Å². The summed E-state index contributed by atoms with van der Waals surface area (Å²) in [5, 5.41) is 11.9. The van der Waals surface area contributed by atoms with Crippen LogP contribution < -0.4 is 10.7 Å². The smallest absolute Gasteiger partial charge is 0.259 e. The number of aryl methyl sites for hydroxylation is 1. The molecule has 0 aliphatic carbocycles. The Morgan fingerprint density at radius 1 is 1.15 bits per heavy atom. The molecule has 2 aromatic carbocycles. The van der Waals surface area contributed by atoms with Crippen LogP contribution in [0.3, 0.4) is 0 Å². The third kappa shape index (κ3) is 4.29. The number of hydrogen-bond donors (Lipinski definition) is 2. The first-order valence-electron chi connectivity index (χ1n) is 8.06. The summed E-state index contributed by atoms with van der Waals surface area (Å²) < 4.78 is 1.64. The molecule has 0 aliphatic rings. The predicted molar refractivity (Wildman–Crippen MR) is 104 cm³/mol. The second-order valence-corrected chi connectivity index (χ2v) is 5.91. The van der Waals surface area contributed by atoms with Crippen LogP contribution >= 0.6 is 11.6 Å². The number of hydrogen-bond acceptors (Lipinski definition) is 4. The lowest BCUT2D eigenvalue weighted by molar-refractivity contribution is -0.119. The summed E-state index contributed by atoms with van der Waals surface area (Å²) in [7, 11) is 0. The van der Waals surface area contributed by atoms with E-state index in [1.807, 2.05) is 67.6 Å². The molecule has 0 unspecified atom stereocenters. The van der Waals surface area contributed by atoms with Gasteiger partial charge in [0.05, 0.1) is 29.7 Å². The summed E-state index contributed by atoms with van der Waals surface area (Å²) in [5.74, 6) is -0.255. The van der Waals surface area contributed by atoms with E-state index in [-0.39, 0.29) is 12.5 Å². The van der Waals surface area contributed by atoms with E-state index in [4.69, 9.17) is 11.6 Å². The zero-order valence-corrected chi connectivity index (χ0v) is 14.9.